The van der Waals surface area contributed by atoms with Gasteiger partial charge in [-0.3, -0.25) is 4.79 Å². The summed E-state index contributed by atoms with van der Waals surface area (Å²) in [4.78, 5) is 15.5. The number of rotatable bonds is 7. The summed E-state index contributed by atoms with van der Waals surface area (Å²) < 4.78 is 14.1. The molecule has 0 saturated heterocycles. The normalized spacial score (nSPS) is 12.0. The first kappa shape index (κ1) is 21.3. The molecule has 5 rings (SSSR count). The summed E-state index contributed by atoms with van der Waals surface area (Å²) in [6, 6.07) is 27.8. The van der Waals surface area contributed by atoms with E-state index < -0.39 is 0 Å². The highest BCUT2D eigenvalue weighted by molar-refractivity contribution is 9.10. The van der Waals surface area contributed by atoms with Crippen LogP contribution in [0.15, 0.2) is 95.6 Å². The van der Waals surface area contributed by atoms with Crippen molar-refractivity contribution in [3.8, 4) is 11.5 Å². The number of halogens is 1. The number of nitrogens with zero attached hydrogens (tertiary/aromatic N) is 2. The summed E-state index contributed by atoms with van der Waals surface area (Å²) in [6.45, 7) is 1.93. The summed E-state index contributed by atoms with van der Waals surface area (Å²) in [7, 11) is 0. The molecule has 2 heterocycles. The Balaban J connectivity index is 1.41. The molecule has 6 heteroatoms. The van der Waals surface area contributed by atoms with Gasteiger partial charge in [-0.2, -0.15) is 0 Å². The van der Waals surface area contributed by atoms with Crippen molar-refractivity contribution in [1.29, 1.82) is 0 Å². The van der Waals surface area contributed by atoms with Gasteiger partial charge in [0.15, 0.2) is 11.5 Å². The van der Waals surface area contributed by atoms with Gasteiger partial charge < -0.3 is 18.9 Å². The van der Waals surface area contributed by atoms with Crippen LogP contribution in [0, 0.1) is 0 Å². The number of benzene rings is 3. The SMILES string of the molecule is O=C(c1ccc2c(c1)OCO2)N(Cc1ccccc1)Cc1cccn1Cc1ccc(Br)cc1. The Morgan fingerprint density at radius 1 is 0.848 bits per heavy atom. The van der Waals surface area contributed by atoms with E-state index in [0.29, 0.717) is 30.2 Å². The molecular formula is C27H23BrN2O3. The Kier molecular flexibility index (Phi) is 6.17. The third-order valence-electron chi connectivity index (χ3n) is 5.67. The molecule has 0 N–H and O–H groups in total. The number of hydrogen-bond acceptors (Lipinski definition) is 3. The molecule has 1 amide bonds. The van der Waals surface area contributed by atoms with Crippen molar-refractivity contribution >= 4 is 21.8 Å². The number of carbonyl (C=O) groups excluding carboxylic acids is 1. The zero-order chi connectivity index (χ0) is 22.6. The average Bonchev–Trinajstić information content (AvgIpc) is 3.49. The number of amides is 1. The third-order valence-corrected chi connectivity index (χ3v) is 6.19. The zero-order valence-electron chi connectivity index (χ0n) is 18.0. The Hall–Kier alpha value is -3.51. The number of aromatic nitrogens is 1. The van der Waals surface area contributed by atoms with Crippen molar-refractivity contribution in [3.05, 3.63) is 118 Å². The second kappa shape index (κ2) is 9.55. The highest BCUT2D eigenvalue weighted by Gasteiger charge is 2.22. The van der Waals surface area contributed by atoms with Crippen molar-refractivity contribution in [3.63, 3.8) is 0 Å². The summed E-state index contributed by atoms with van der Waals surface area (Å²) in [5.41, 5.74) is 3.94. The lowest BCUT2D eigenvalue weighted by Crippen LogP contribution is -2.31. The molecular weight excluding hydrogens is 480 g/mol. The Bertz CT molecular complexity index is 1250. The average molecular weight is 503 g/mol. The maximum atomic E-state index is 13.6. The van der Waals surface area contributed by atoms with Crippen LogP contribution in [-0.4, -0.2) is 22.2 Å². The Morgan fingerprint density at radius 2 is 1.64 bits per heavy atom. The molecule has 3 aromatic carbocycles. The number of hydrogen-bond donors (Lipinski definition) is 0. The van der Waals surface area contributed by atoms with Gasteiger partial charge >= 0.3 is 0 Å². The fourth-order valence-electron chi connectivity index (χ4n) is 3.94. The minimum absolute atomic E-state index is 0.0476. The molecule has 0 radical (unpaired) electrons. The van der Waals surface area contributed by atoms with Gasteiger partial charge in [-0.1, -0.05) is 58.4 Å². The molecule has 5 nitrogen and oxygen atoms in total. The van der Waals surface area contributed by atoms with Crippen LogP contribution in [0.1, 0.15) is 27.2 Å². The lowest BCUT2D eigenvalue weighted by molar-refractivity contribution is 0.0726. The number of fused-ring (bicyclic) bond motifs is 1. The van der Waals surface area contributed by atoms with Crippen LogP contribution >= 0.6 is 15.9 Å². The maximum absolute atomic E-state index is 13.6. The fourth-order valence-corrected chi connectivity index (χ4v) is 4.21. The van der Waals surface area contributed by atoms with E-state index in [1.54, 1.807) is 18.2 Å². The first-order chi connectivity index (χ1) is 16.2. The molecule has 1 aromatic heterocycles. The molecule has 1 aliphatic heterocycles. The smallest absolute Gasteiger partial charge is 0.254 e. The highest BCUT2D eigenvalue weighted by atomic mass is 79.9. The van der Waals surface area contributed by atoms with Crippen LogP contribution < -0.4 is 9.47 Å². The van der Waals surface area contributed by atoms with Crippen LogP contribution in [0.25, 0.3) is 0 Å². The van der Waals surface area contributed by atoms with Crippen molar-refractivity contribution < 1.29 is 14.3 Å². The van der Waals surface area contributed by atoms with E-state index >= 15 is 0 Å². The van der Waals surface area contributed by atoms with Crippen LogP contribution in [0.3, 0.4) is 0 Å². The molecule has 0 fully saturated rings. The topological polar surface area (TPSA) is 43.7 Å². The predicted molar refractivity (Wildman–Crippen MR) is 130 cm³/mol. The van der Waals surface area contributed by atoms with Crippen molar-refractivity contribution in [2.75, 3.05) is 6.79 Å². The van der Waals surface area contributed by atoms with Gasteiger partial charge in [0.1, 0.15) is 0 Å². The van der Waals surface area contributed by atoms with Gasteiger partial charge in [0.25, 0.3) is 5.91 Å². The van der Waals surface area contributed by atoms with E-state index in [1.165, 1.54) is 5.56 Å². The Labute approximate surface area is 201 Å². The van der Waals surface area contributed by atoms with Crippen molar-refractivity contribution in [2.45, 2.75) is 19.6 Å². The largest absolute Gasteiger partial charge is 0.454 e. The standard InChI is InChI=1S/C27H23BrN2O3/c28-23-11-8-21(9-12-23)16-29-14-4-7-24(29)18-30(17-20-5-2-1-3-6-20)27(31)22-10-13-25-26(15-22)33-19-32-25/h1-15H,16-19H2. The zero-order valence-corrected chi connectivity index (χ0v) is 19.6. The van der Waals surface area contributed by atoms with Crippen LogP contribution in [0.4, 0.5) is 0 Å². The number of ether oxygens (including phenoxy) is 2. The molecule has 1 aliphatic rings. The molecule has 0 unspecified atom stereocenters. The van der Waals surface area contributed by atoms with Crippen LogP contribution in [-0.2, 0) is 19.6 Å². The second-order valence-corrected chi connectivity index (χ2v) is 8.88. The van der Waals surface area contributed by atoms with E-state index in [9.17, 15) is 4.79 Å². The van der Waals surface area contributed by atoms with E-state index in [2.05, 4.69) is 44.9 Å². The van der Waals surface area contributed by atoms with Gasteiger partial charge in [0.2, 0.25) is 6.79 Å². The summed E-state index contributed by atoms with van der Waals surface area (Å²) in [6.07, 6.45) is 2.06. The summed E-state index contributed by atoms with van der Waals surface area (Å²) in [5, 5.41) is 0. The van der Waals surface area contributed by atoms with E-state index in [4.69, 9.17) is 9.47 Å². The van der Waals surface area contributed by atoms with E-state index in [-0.39, 0.29) is 12.7 Å². The predicted octanol–water partition coefficient (Wildman–Crippen LogP) is 5.87. The van der Waals surface area contributed by atoms with Gasteiger partial charge in [-0.05, 0) is 53.6 Å². The first-order valence-electron chi connectivity index (χ1n) is 10.8. The molecule has 0 atom stereocenters. The maximum Gasteiger partial charge on any atom is 0.254 e. The van der Waals surface area contributed by atoms with Crippen molar-refractivity contribution in [2.24, 2.45) is 0 Å². The minimum Gasteiger partial charge on any atom is -0.454 e. The van der Waals surface area contributed by atoms with Gasteiger partial charge in [-0.25, -0.2) is 0 Å². The summed E-state index contributed by atoms with van der Waals surface area (Å²) >= 11 is 3.49. The molecule has 0 spiro atoms. The molecule has 0 saturated carbocycles. The van der Waals surface area contributed by atoms with Gasteiger partial charge in [0, 0.05) is 35.0 Å². The van der Waals surface area contributed by atoms with E-state index in [0.717, 1.165) is 22.3 Å². The third kappa shape index (κ3) is 4.96. The highest BCUT2D eigenvalue weighted by Crippen LogP contribution is 2.33. The summed E-state index contributed by atoms with van der Waals surface area (Å²) in [5.74, 6) is 1.23. The van der Waals surface area contributed by atoms with Gasteiger partial charge in [0.05, 0.1) is 6.54 Å². The molecule has 166 valence electrons. The monoisotopic (exact) mass is 502 g/mol. The minimum atomic E-state index is -0.0476. The molecule has 0 bridgehead atoms. The van der Waals surface area contributed by atoms with Gasteiger partial charge in [-0.15, -0.1) is 0 Å². The quantitative estimate of drug-likeness (QED) is 0.317. The lowest BCUT2D eigenvalue weighted by Gasteiger charge is -2.24. The van der Waals surface area contributed by atoms with Crippen LogP contribution in [0.2, 0.25) is 0 Å². The van der Waals surface area contributed by atoms with E-state index in [1.807, 2.05) is 53.4 Å². The molecule has 4 aromatic rings. The lowest BCUT2D eigenvalue weighted by atomic mass is 10.1. The molecule has 0 aliphatic carbocycles. The number of carbonyl (C=O) groups is 1. The second-order valence-electron chi connectivity index (χ2n) is 7.97. The van der Waals surface area contributed by atoms with Crippen molar-refractivity contribution in [1.82, 2.24) is 9.47 Å². The first-order valence-corrected chi connectivity index (χ1v) is 11.6. The fraction of sp³-hybridized carbons (Fsp3) is 0.148. The Morgan fingerprint density at radius 3 is 2.45 bits per heavy atom. The van der Waals surface area contributed by atoms with Crippen LogP contribution in [0.5, 0.6) is 11.5 Å². The molecule has 33 heavy (non-hydrogen) atoms.